The molecular weight excluding hydrogens is 404 g/mol. The quantitative estimate of drug-likeness (QED) is 0.551. The van der Waals surface area contributed by atoms with Crippen LogP contribution in [0.3, 0.4) is 0 Å². The van der Waals surface area contributed by atoms with Gasteiger partial charge in [-0.1, -0.05) is 32.0 Å². The number of nitrogens with one attached hydrogen (secondary N) is 1. The van der Waals surface area contributed by atoms with Gasteiger partial charge in [-0.15, -0.1) is 0 Å². The monoisotopic (exact) mass is 436 g/mol. The van der Waals surface area contributed by atoms with Crippen molar-refractivity contribution in [3.63, 3.8) is 0 Å². The maximum absolute atomic E-state index is 13.3. The number of hydrogen-bond donors (Lipinski definition) is 1. The molecular formula is C25H32N4O3. The zero-order valence-corrected chi connectivity index (χ0v) is 19.7. The van der Waals surface area contributed by atoms with E-state index in [1.807, 2.05) is 62.6 Å². The molecule has 0 fully saturated rings. The summed E-state index contributed by atoms with van der Waals surface area (Å²) in [6.45, 7) is 5.68. The standard InChI is InChI=1S/C25H32N4O3/c1-25(2,17-28(3)4)16-26-24(30)20-15-29(19-10-8-7-9-11-19)27-23(20)18-12-13-21(31-5)22(14-18)32-6/h7-15H,16-17H2,1-6H3,(H,26,30). The first-order valence-electron chi connectivity index (χ1n) is 10.5. The van der Waals surface area contributed by atoms with Gasteiger partial charge >= 0.3 is 0 Å². The first-order valence-corrected chi connectivity index (χ1v) is 10.5. The van der Waals surface area contributed by atoms with Gasteiger partial charge in [0.2, 0.25) is 0 Å². The van der Waals surface area contributed by atoms with Gasteiger partial charge in [-0.2, -0.15) is 5.10 Å². The highest BCUT2D eigenvalue weighted by Gasteiger charge is 2.24. The van der Waals surface area contributed by atoms with Crippen molar-refractivity contribution in [2.45, 2.75) is 13.8 Å². The second-order valence-corrected chi connectivity index (χ2v) is 8.83. The Morgan fingerprint density at radius 1 is 1.06 bits per heavy atom. The van der Waals surface area contributed by atoms with Gasteiger partial charge in [0.15, 0.2) is 11.5 Å². The van der Waals surface area contributed by atoms with Crippen molar-refractivity contribution in [1.82, 2.24) is 20.0 Å². The Morgan fingerprint density at radius 3 is 2.38 bits per heavy atom. The van der Waals surface area contributed by atoms with Gasteiger partial charge < -0.3 is 19.7 Å². The summed E-state index contributed by atoms with van der Waals surface area (Å²) in [5.74, 6) is 1.04. The van der Waals surface area contributed by atoms with Gasteiger partial charge in [0.25, 0.3) is 5.91 Å². The van der Waals surface area contributed by atoms with Crippen LogP contribution in [0.1, 0.15) is 24.2 Å². The number of carbonyl (C=O) groups is 1. The Morgan fingerprint density at radius 2 is 1.75 bits per heavy atom. The number of nitrogens with zero attached hydrogens (tertiary/aromatic N) is 3. The maximum atomic E-state index is 13.3. The summed E-state index contributed by atoms with van der Waals surface area (Å²) in [6.07, 6.45) is 1.77. The molecule has 3 aromatic rings. The van der Waals surface area contributed by atoms with Crippen molar-refractivity contribution >= 4 is 5.91 Å². The Kier molecular flexibility index (Phi) is 7.20. The third-order valence-corrected chi connectivity index (χ3v) is 5.11. The van der Waals surface area contributed by atoms with Gasteiger partial charge in [-0.05, 0) is 49.8 Å². The average molecular weight is 437 g/mol. The van der Waals surface area contributed by atoms with Crippen LogP contribution in [-0.2, 0) is 0 Å². The van der Waals surface area contributed by atoms with Crippen LogP contribution in [0.15, 0.2) is 54.7 Å². The van der Waals surface area contributed by atoms with Crippen molar-refractivity contribution < 1.29 is 14.3 Å². The third kappa shape index (κ3) is 5.48. The van der Waals surface area contributed by atoms with Gasteiger partial charge in [-0.25, -0.2) is 4.68 Å². The molecule has 0 bridgehead atoms. The van der Waals surface area contributed by atoms with Crippen molar-refractivity contribution in [2.75, 3.05) is 41.4 Å². The van der Waals surface area contributed by atoms with E-state index in [0.717, 1.165) is 17.8 Å². The smallest absolute Gasteiger partial charge is 0.255 e. The van der Waals surface area contributed by atoms with Crippen LogP contribution in [0.5, 0.6) is 11.5 Å². The summed E-state index contributed by atoms with van der Waals surface area (Å²) in [5, 5.41) is 7.84. The normalized spacial score (nSPS) is 11.5. The van der Waals surface area contributed by atoms with Crippen molar-refractivity contribution in [3.8, 4) is 28.4 Å². The van der Waals surface area contributed by atoms with Crippen LogP contribution in [0.25, 0.3) is 16.9 Å². The molecule has 0 unspecified atom stereocenters. The van der Waals surface area contributed by atoms with Gasteiger partial charge in [0, 0.05) is 24.8 Å². The molecule has 0 atom stereocenters. The molecule has 1 aromatic heterocycles. The van der Waals surface area contributed by atoms with Crippen LogP contribution < -0.4 is 14.8 Å². The zero-order chi connectivity index (χ0) is 23.3. The molecule has 170 valence electrons. The molecule has 7 heteroatoms. The van der Waals surface area contributed by atoms with Gasteiger partial charge in [-0.3, -0.25) is 4.79 Å². The van der Waals surface area contributed by atoms with Crippen LogP contribution >= 0.6 is 0 Å². The number of amides is 1. The van der Waals surface area contributed by atoms with Crippen LogP contribution in [0.4, 0.5) is 0 Å². The molecule has 7 nitrogen and oxygen atoms in total. The molecule has 1 amide bonds. The number of ether oxygens (including phenoxy) is 2. The minimum atomic E-state index is -0.163. The fourth-order valence-electron chi connectivity index (χ4n) is 3.78. The molecule has 0 aliphatic carbocycles. The van der Waals surface area contributed by atoms with Gasteiger partial charge in [0.05, 0.1) is 25.5 Å². The van der Waals surface area contributed by atoms with E-state index in [-0.39, 0.29) is 11.3 Å². The zero-order valence-electron chi connectivity index (χ0n) is 19.7. The van der Waals surface area contributed by atoms with Crippen molar-refractivity contribution in [3.05, 3.63) is 60.3 Å². The number of hydrogen-bond acceptors (Lipinski definition) is 5. The van der Waals surface area contributed by atoms with Crippen LogP contribution in [-0.4, -0.2) is 62.0 Å². The molecule has 0 spiro atoms. The minimum absolute atomic E-state index is 0.0713. The van der Waals surface area contributed by atoms with Gasteiger partial charge in [0.1, 0.15) is 5.69 Å². The van der Waals surface area contributed by atoms with Crippen LogP contribution in [0.2, 0.25) is 0 Å². The number of carbonyl (C=O) groups excluding carboxylic acids is 1. The summed E-state index contributed by atoms with van der Waals surface area (Å²) < 4.78 is 12.5. The lowest BCUT2D eigenvalue weighted by Gasteiger charge is -2.28. The fraction of sp³-hybridized carbons (Fsp3) is 0.360. The number of benzene rings is 2. The Bertz CT molecular complexity index is 1060. The molecule has 0 radical (unpaired) electrons. The number of methoxy groups -OCH3 is 2. The SMILES string of the molecule is COc1ccc(-c2nn(-c3ccccc3)cc2C(=O)NCC(C)(C)CN(C)C)cc1OC. The van der Waals surface area contributed by atoms with E-state index in [0.29, 0.717) is 29.3 Å². The number of para-hydroxylation sites is 1. The van der Waals surface area contributed by atoms with E-state index in [4.69, 9.17) is 14.6 Å². The summed E-state index contributed by atoms with van der Waals surface area (Å²) >= 11 is 0. The Labute approximate surface area is 190 Å². The first-order chi connectivity index (χ1) is 15.2. The Balaban J connectivity index is 1.99. The fourth-order valence-corrected chi connectivity index (χ4v) is 3.78. The third-order valence-electron chi connectivity index (χ3n) is 5.11. The molecule has 2 aromatic carbocycles. The highest BCUT2D eigenvalue weighted by molar-refractivity contribution is 6.00. The predicted octanol–water partition coefficient (Wildman–Crippen LogP) is 3.87. The van der Waals surface area contributed by atoms with E-state index in [9.17, 15) is 4.79 Å². The topological polar surface area (TPSA) is 68.6 Å². The summed E-state index contributed by atoms with van der Waals surface area (Å²) in [7, 11) is 7.24. The van der Waals surface area contributed by atoms with E-state index < -0.39 is 0 Å². The highest BCUT2D eigenvalue weighted by atomic mass is 16.5. The van der Waals surface area contributed by atoms with E-state index in [1.54, 1.807) is 25.1 Å². The van der Waals surface area contributed by atoms with E-state index >= 15 is 0 Å². The lowest BCUT2D eigenvalue weighted by molar-refractivity contribution is 0.0930. The lowest BCUT2D eigenvalue weighted by atomic mass is 9.93. The number of aromatic nitrogens is 2. The average Bonchev–Trinajstić information content (AvgIpc) is 3.22. The van der Waals surface area contributed by atoms with Crippen molar-refractivity contribution in [2.24, 2.45) is 5.41 Å². The number of rotatable bonds is 9. The highest BCUT2D eigenvalue weighted by Crippen LogP contribution is 2.33. The molecule has 0 aliphatic rings. The maximum Gasteiger partial charge on any atom is 0.255 e. The molecule has 0 saturated heterocycles. The largest absolute Gasteiger partial charge is 0.493 e. The molecule has 0 saturated carbocycles. The molecule has 3 rings (SSSR count). The Hall–Kier alpha value is -3.32. The minimum Gasteiger partial charge on any atom is -0.493 e. The summed E-state index contributed by atoms with van der Waals surface area (Å²) in [4.78, 5) is 15.4. The summed E-state index contributed by atoms with van der Waals surface area (Å²) in [5.41, 5.74) is 2.66. The molecule has 32 heavy (non-hydrogen) atoms. The van der Waals surface area contributed by atoms with Crippen molar-refractivity contribution in [1.29, 1.82) is 0 Å². The first kappa shape index (κ1) is 23.3. The predicted molar refractivity (Wildman–Crippen MR) is 127 cm³/mol. The molecule has 1 N–H and O–H groups in total. The van der Waals surface area contributed by atoms with Crippen LogP contribution in [0, 0.1) is 5.41 Å². The molecule has 1 heterocycles. The van der Waals surface area contributed by atoms with E-state index in [2.05, 4.69) is 24.1 Å². The second-order valence-electron chi connectivity index (χ2n) is 8.83. The molecule has 0 aliphatic heterocycles. The lowest BCUT2D eigenvalue weighted by Crippen LogP contribution is -2.40. The summed E-state index contributed by atoms with van der Waals surface area (Å²) in [6, 6.07) is 15.3. The second kappa shape index (κ2) is 9.87. The van der Waals surface area contributed by atoms with E-state index in [1.165, 1.54) is 0 Å².